The second-order valence-corrected chi connectivity index (χ2v) is 35.5. The number of anilines is 2. The number of methoxy groups -OCH3 is 4. The van der Waals surface area contributed by atoms with Crippen LogP contribution in [0.3, 0.4) is 0 Å². The number of furan rings is 4. The number of hydrogen-bond acceptors (Lipinski definition) is 28. The number of ether oxygens (including phenoxy) is 4. The van der Waals surface area contributed by atoms with Gasteiger partial charge in [-0.15, -0.1) is 0 Å². The van der Waals surface area contributed by atoms with Crippen molar-refractivity contribution in [1.82, 2.24) is 96.8 Å². The minimum absolute atomic E-state index is 0.00808. The Hall–Kier alpha value is -18.2. The van der Waals surface area contributed by atoms with E-state index in [-0.39, 0.29) is 111 Å². The number of amides is 18. The third-order valence-electron chi connectivity index (χ3n) is 27.0. The quantitative estimate of drug-likeness (QED) is 0.0332. The van der Waals surface area contributed by atoms with Gasteiger partial charge in [-0.05, 0) is 134 Å². The minimum atomic E-state index is -1.62. The van der Waals surface area contributed by atoms with Crippen LogP contribution in [-0.2, 0) is 84.1 Å². The van der Waals surface area contributed by atoms with E-state index in [1.807, 2.05) is 51.2 Å². The number of nitrogens with zero attached hydrogens (tertiary/aromatic N) is 13. The van der Waals surface area contributed by atoms with E-state index < -0.39 is 69.9 Å². The van der Waals surface area contributed by atoms with E-state index in [0.717, 1.165) is 63.2 Å². The van der Waals surface area contributed by atoms with E-state index in [1.54, 1.807) is 155 Å². The van der Waals surface area contributed by atoms with Crippen LogP contribution in [0.4, 0.5) is 30.8 Å². The van der Waals surface area contributed by atoms with E-state index in [0.29, 0.717) is 133 Å². The van der Waals surface area contributed by atoms with Crippen molar-refractivity contribution in [3.63, 3.8) is 0 Å². The highest BCUT2D eigenvalue weighted by molar-refractivity contribution is 6.13. The van der Waals surface area contributed by atoms with Gasteiger partial charge in [-0.1, -0.05) is 30.3 Å². The molecule has 10 aromatic heterocycles. The zero-order valence-electron chi connectivity index (χ0n) is 76.9. The van der Waals surface area contributed by atoms with Crippen LogP contribution in [0.25, 0.3) is 66.4 Å². The first-order valence-electron chi connectivity index (χ1n) is 44.9. The van der Waals surface area contributed by atoms with Gasteiger partial charge in [-0.2, -0.15) is 5.10 Å². The molecule has 43 nitrogen and oxygen atoms in total. The topological polar surface area (TPSA) is 526 Å². The first-order valence-corrected chi connectivity index (χ1v) is 44.9. The van der Waals surface area contributed by atoms with Gasteiger partial charge < -0.3 is 77.5 Å². The van der Waals surface area contributed by atoms with Crippen LogP contribution in [0, 0.1) is 13.8 Å². The molecule has 142 heavy (non-hydrogen) atoms. The van der Waals surface area contributed by atoms with Gasteiger partial charge in [0.2, 0.25) is 17.5 Å². The molecular weight excluding hydrogens is 1840 g/mol. The predicted octanol–water partition coefficient (Wildman–Crippen LogP) is 8.44. The lowest BCUT2D eigenvalue weighted by Crippen LogP contribution is -2.52. The predicted molar refractivity (Wildman–Crippen MR) is 498 cm³/mol. The number of aromatic nitrogens is 7. The van der Waals surface area contributed by atoms with E-state index >= 15 is 0 Å². The largest absolute Gasteiger partial charge is 0.497 e. The Balaban J connectivity index is 0.000000112. The molecule has 0 saturated carbocycles. The van der Waals surface area contributed by atoms with Crippen LogP contribution in [0.5, 0.6) is 23.0 Å². The summed E-state index contributed by atoms with van der Waals surface area (Å²) in [6.07, 6.45) is 12.3. The van der Waals surface area contributed by atoms with Crippen molar-refractivity contribution in [3.05, 3.63) is 250 Å². The Kier molecular flexibility index (Phi) is 22.1. The van der Waals surface area contributed by atoms with Crippen molar-refractivity contribution in [2.45, 2.75) is 87.9 Å². The van der Waals surface area contributed by atoms with Crippen molar-refractivity contribution >= 4 is 139 Å². The van der Waals surface area contributed by atoms with E-state index in [2.05, 4.69) is 72.6 Å². The second-order valence-electron chi connectivity index (χ2n) is 35.5. The van der Waals surface area contributed by atoms with Crippen molar-refractivity contribution in [3.8, 4) is 45.4 Å². The smallest absolute Gasteiger partial charge is 0.322 e. The average molecular weight is 1920 g/mol. The number of urea groups is 4. The van der Waals surface area contributed by atoms with Crippen LogP contribution in [-0.4, -0.2) is 205 Å². The molecule has 43 heteroatoms. The van der Waals surface area contributed by atoms with Crippen LogP contribution in [0.1, 0.15) is 124 Å². The summed E-state index contributed by atoms with van der Waals surface area (Å²) >= 11 is 0. The molecule has 0 bridgehead atoms. The second kappa shape index (κ2) is 34.8. The molecule has 0 aliphatic carbocycles. The van der Waals surface area contributed by atoms with Crippen molar-refractivity contribution in [2.24, 2.45) is 7.05 Å². The zero-order valence-corrected chi connectivity index (χ0v) is 76.9. The summed E-state index contributed by atoms with van der Waals surface area (Å²) in [5, 5.41) is 26.8. The van der Waals surface area contributed by atoms with Crippen LogP contribution < -0.4 is 71.3 Å². The van der Waals surface area contributed by atoms with Crippen LogP contribution >= 0.6 is 0 Å². The van der Waals surface area contributed by atoms with Gasteiger partial charge >= 0.3 is 24.1 Å². The van der Waals surface area contributed by atoms with Gasteiger partial charge in [-0.25, -0.2) is 34.1 Å². The van der Waals surface area contributed by atoms with E-state index in [1.165, 1.54) is 48.0 Å². The number of aryl methyl sites for hydroxylation is 2. The maximum atomic E-state index is 13.2. The monoisotopic (exact) mass is 1920 g/mol. The Bertz CT molecular complexity index is 7600. The Morgan fingerprint density at radius 2 is 0.739 bits per heavy atom. The Morgan fingerprint density at radius 3 is 1.06 bits per heavy atom. The van der Waals surface area contributed by atoms with E-state index in [9.17, 15) is 67.1 Å². The molecule has 24 rings (SSSR count). The number of hydrogen-bond donors (Lipinski definition) is 8. The number of fused-ring (bicyclic) bond motifs is 8. The summed E-state index contributed by atoms with van der Waals surface area (Å²) < 4.78 is 47.0. The highest BCUT2D eigenvalue weighted by Crippen LogP contribution is 2.44. The number of nitrogens with one attached hydrogen (secondary N) is 8. The molecule has 0 unspecified atom stereocenters. The molecular formula is C99H85N21O22. The lowest BCUT2D eigenvalue weighted by molar-refractivity contribution is -0.126. The molecule has 4 atom stereocenters. The SMILES string of the molecule is COc1ccc2c(c1)C(=O)N(C[C@@]1(c3cc4cc(-c5cccnc5)cnc4o3)NC(=O)NC1=O)C2.COc1ccc2c(c1)C(=O)N(C[C@@]1(c3cc4cnc(-c5c(C)nn(C)c5C)cc4o3)NC(=O)NC1=O)C2.COc1ccc2c(c1)C(=O)N(C[C@@]1(c3cc4cnc(N5CCCC5=O)cc4o3)NC(=O)NC1=O)C2.COc1ccc2c(c1)C(=O)N(C[C@@]1(c3cc4cnc(N5CCCC5=O)cc4o3)NC(=O)NC1=O)C2. The van der Waals surface area contributed by atoms with Gasteiger partial charge in [-0.3, -0.25) is 93.7 Å². The first kappa shape index (κ1) is 90.3. The number of rotatable bonds is 20. The van der Waals surface area contributed by atoms with Crippen LogP contribution in [0.15, 0.2) is 188 Å². The molecule has 718 valence electrons. The third-order valence-corrected chi connectivity index (χ3v) is 27.0. The molecule has 14 aromatic rings. The molecule has 8 N–H and O–H groups in total. The summed E-state index contributed by atoms with van der Waals surface area (Å²) in [5.41, 5.74) is 5.44. The summed E-state index contributed by atoms with van der Waals surface area (Å²) in [6.45, 7) is 5.65. The fourth-order valence-electron chi connectivity index (χ4n) is 19.5. The first-order chi connectivity index (χ1) is 68.4. The number of carbonyl (C=O) groups excluding carboxylic acids is 14. The van der Waals surface area contributed by atoms with Crippen LogP contribution in [0.2, 0.25) is 0 Å². The molecule has 10 aliphatic heterocycles. The standard InChI is InChI=1S/C26H24N6O5.C25H19N5O5.2C24H21N5O6/c1-13-22(14(2)31(3)30-13)19-9-20-16(10-27-19)7-21(37-20)26(24(34)28-25(35)29-26)12-32-11-15-5-6-17(36-4)8-18(15)23(32)33;1-34-18-5-4-15-12-30(22(31)19(15)9-18)13-25(23(32)28-24(33)29-25)20-8-16-7-17(11-27-21(16)35-20)14-3-2-6-26-10-14;2*1-34-15-5-4-13-11-28(21(31)16(13)8-15)12-24(22(32)26-23(33)27-24)18-7-14-10-25-19(9-17(14)35-18)29-6-2-3-20(29)30/h5-10H,11-12H2,1-4H3,(H2,28,29,34,35);2-11H,12-13H2,1H3,(H2,28,29,32,33);2*4-5,7-10H,2-3,6,11-12H2,1H3,(H2,26,27,32,33)/t26-;25-;2*24-/m0000/s1. The number of benzene rings is 4. The normalized spacial score (nSPS) is 20.3. The lowest BCUT2D eigenvalue weighted by Gasteiger charge is -2.29. The minimum Gasteiger partial charge on any atom is -0.497 e. The molecule has 18 amide bonds. The van der Waals surface area contributed by atoms with Gasteiger partial charge in [0, 0.05) is 181 Å². The van der Waals surface area contributed by atoms with Crippen molar-refractivity contribution < 1.29 is 104 Å². The van der Waals surface area contributed by atoms with Gasteiger partial charge in [0.1, 0.15) is 74.4 Å². The highest BCUT2D eigenvalue weighted by atomic mass is 16.5. The molecule has 20 heterocycles. The Morgan fingerprint density at radius 1 is 0.380 bits per heavy atom. The molecule has 4 aromatic carbocycles. The Labute approximate surface area is 802 Å². The molecule has 0 spiro atoms. The van der Waals surface area contributed by atoms with Gasteiger partial charge in [0.25, 0.3) is 47.3 Å². The summed E-state index contributed by atoms with van der Waals surface area (Å²) in [5.74, 6) is 0.382. The van der Waals surface area contributed by atoms with Gasteiger partial charge in [0.05, 0.1) is 66.0 Å². The summed E-state index contributed by atoms with van der Waals surface area (Å²) in [6, 6.07) is 35.6. The fraction of sp³-hybridized carbons (Fsp3) is 0.253. The number of imide groups is 4. The molecule has 0 radical (unpaired) electrons. The number of carbonyl (C=O) groups is 14. The van der Waals surface area contributed by atoms with Gasteiger partial charge in [0.15, 0.2) is 22.2 Å². The van der Waals surface area contributed by atoms with Crippen molar-refractivity contribution in [2.75, 3.05) is 77.5 Å². The average Bonchev–Trinajstić information content (AvgIpc) is 1.59. The van der Waals surface area contributed by atoms with E-state index in [4.69, 9.17) is 36.6 Å². The third kappa shape index (κ3) is 15.6. The molecule has 6 saturated heterocycles. The summed E-state index contributed by atoms with van der Waals surface area (Å²) in [7, 11) is 7.98. The fourth-order valence-corrected chi connectivity index (χ4v) is 19.5. The number of pyridine rings is 5. The zero-order chi connectivity index (χ0) is 98.9. The molecule has 6 fully saturated rings. The van der Waals surface area contributed by atoms with Crippen molar-refractivity contribution in [1.29, 1.82) is 0 Å². The highest BCUT2D eigenvalue weighted by Gasteiger charge is 2.58. The maximum Gasteiger partial charge on any atom is 0.322 e. The summed E-state index contributed by atoms with van der Waals surface area (Å²) in [4.78, 5) is 209. The molecule has 10 aliphatic rings. The maximum absolute atomic E-state index is 13.2. The lowest BCUT2D eigenvalue weighted by atomic mass is 9.95.